The molecule has 1 atom stereocenters. The summed E-state index contributed by atoms with van der Waals surface area (Å²) in [5.41, 5.74) is 1.69. The first kappa shape index (κ1) is 14.9. The van der Waals surface area contributed by atoms with Gasteiger partial charge in [-0.3, -0.25) is 9.59 Å². The Bertz CT molecular complexity index is 530. The Balaban J connectivity index is 2.15. The molecule has 108 valence electrons. The first-order valence-electron chi connectivity index (χ1n) is 6.58. The Morgan fingerprint density at radius 1 is 1.40 bits per heavy atom. The number of rotatable bonds is 3. The molecule has 2 rings (SSSR count). The van der Waals surface area contributed by atoms with E-state index in [2.05, 4.69) is 0 Å². The number of likely N-dealkylation sites (tertiary alicyclic amines) is 1. The molecule has 1 amide bonds. The van der Waals surface area contributed by atoms with Gasteiger partial charge in [0.1, 0.15) is 0 Å². The highest BCUT2D eigenvalue weighted by Crippen LogP contribution is 2.24. The fraction of sp³-hybridized carbons (Fsp3) is 0.467. The topological polar surface area (TPSA) is 46.6 Å². The van der Waals surface area contributed by atoms with Crippen LogP contribution in [0.1, 0.15) is 22.3 Å². The van der Waals surface area contributed by atoms with Crippen molar-refractivity contribution in [2.45, 2.75) is 18.2 Å². The van der Waals surface area contributed by atoms with Gasteiger partial charge in [0.25, 0.3) is 5.91 Å². The standard InChI is InChI=1S/C15H19NO3S/c1-10-4-5-12(20-3)8-13(10)14(17)16-7-6-11(9-16)15(18)19-2/h4-5,8,11H,6-7,9H2,1-3H3. The molecule has 0 saturated carbocycles. The normalized spacial score (nSPS) is 18.1. The van der Waals surface area contributed by atoms with Crippen LogP contribution in [0, 0.1) is 12.8 Å². The van der Waals surface area contributed by atoms with Crippen LogP contribution in [0.4, 0.5) is 0 Å². The van der Waals surface area contributed by atoms with Crippen molar-refractivity contribution in [3.8, 4) is 0 Å². The lowest BCUT2D eigenvalue weighted by molar-refractivity contribution is -0.144. The van der Waals surface area contributed by atoms with Gasteiger partial charge in [0.15, 0.2) is 0 Å². The van der Waals surface area contributed by atoms with E-state index in [0.29, 0.717) is 19.5 Å². The number of methoxy groups -OCH3 is 1. The third kappa shape index (κ3) is 2.98. The average molecular weight is 293 g/mol. The summed E-state index contributed by atoms with van der Waals surface area (Å²) in [4.78, 5) is 26.9. The summed E-state index contributed by atoms with van der Waals surface area (Å²) in [6, 6.07) is 5.90. The van der Waals surface area contributed by atoms with Crippen molar-refractivity contribution in [1.29, 1.82) is 0 Å². The first-order valence-corrected chi connectivity index (χ1v) is 7.81. The molecule has 4 nitrogen and oxygen atoms in total. The van der Waals surface area contributed by atoms with Crippen molar-refractivity contribution in [3.05, 3.63) is 29.3 Å². The molecule has 0 bridgehead atoms. The molecule has 0 aromatic heterocycles. The van der Waals surface area contributed by atoms with Gasteiger partial charge in [-0.2, -0.15) is 0 Å². The van der Waals surface area contributed by atoms with Gasteiger partial charge in [0.05, 0.1) is 13.0 Å². The fourth-order valence-corrected chi connectivity index (χ4v) is 2.87. The maximum absolute atomic E-state index is 12.6. The molecule has 1 fully saturated rings. The van der Waals surface area contributed by atoms with Crippen molar-refractivity contribution < 1.29 is 14.3 Å². The van der Waals surface area contributed by atoms with E-state index in [-0.39, 0.29) is 17.8 Å². The highest BCUT2D eigenvalue weighted by atomic mass is 32.2. The fourth-order valence-electron chi connectivity index (χ4n) is 2.43. The Hall–Kier alpha value is -1.49. The number of ether oxygens (including phenoxy) is 1. The van der Waals surface area contributed by atoms with Crippen LogP contribution in [-0.4, -0.2) is 43.2 Å². The number of hydrogen-bond donors (Lipinski definition) is 0. The number of carbonyl (C=O) groups is 2. The number of thioether (sulfide) groups is 1. The lowest BCUT2D eigenvalue weighted by atomic mass is 10.1. The Labute approximate surface area is 123 Å². The lowest BCUT2D eigenvalue weighted by Gasteiger charge is -2.18. The van der Waals surface area contributed by atoms with E-state index in [1.54, 1.807) is 16.7 Å². The second-order valence-electron chi connectivity index (χ2n) is 4.94. The predicted octanol–water partition coefficient (Wildman–Crippen LogP) is 2.35. The smallest absolute Gasteiger partial charge is 0.310 e. The summed E-state index contributed by atoms with van der Waals surface area (Å²) in [6.07, 6.45) is 2.67. The number of hydrogen-bond acceptors (Lipinski definition) is 4. The Kier molecular flexibility index (Phi) is 4.70. The van der Waals surface area contributed by atoms with E-state index < -0.39 is 0 Å². The minimum atomic E-state index is -0.227. The van der Waals surface area contributed by atoms with Gasteiger partial charge in [-0.25, -0.2) is 0 Å². The largest absolute Gasteiger partial charge is 0.469 e. The van der Waals surface area contributed by atoms with Gasteiger partial charge in [0.2, 0.25) is 0 Å². The van der Waals surface area contributed by atoms with Crippen molar-refractivity contribution in [3.63, 3.8) is 0 Å². The van der Waals surface area contributed by atoms with Gasteiger partial charge in [-0.1, -0.05) is 6.07 Å². The van der Waals surface area contributed by atoms with Crippen LogP contribution in [-0.2, 0) is 9.53 Å². The second-order valence-corrected chi connectivity index (χ2v) is 5.82. The van der Waals surface area contributed by atoms with E-state index in [1.165, 1.54) is 7.11 Å². The molecule has 5 heteroatoms. The van der Waals surface area contributed by atoms with Crippen molar-refractivity contribution >= 4 is 23.6 Å². The number of aryl methyl sites for hydroxylation is 1. The molecule has 1 unspecified atom stereocenters. The summed E-state index contributed by atoms with van der Waals surface area (Å²) < 4.78 is 4.75. The number of esters is 1. The molecular weight excluding hydrogens is 274 g/mol. The van der Waals surface area contributed by atoms with Crippen LogP contribution in [0.25, 0.3) is 0 Å². The highest BCUT2D eigenvalue weighted by molar-refractivity contribution is 7.98. The summed E-state index contributed by atoms with van der Waals surface area (Å²) in [5.74, 6) is -0.410. The van der Waals surface area contributed by atoms with Crippen molar-refractivity contribution in [2.24, 2.45) is 5.92 Å². The maximum Gasteiger partial charge on any atom is 0.310 e. The third-order valence-electron chi connectivity index (χ3n) is 3.69. The average Bonchev–Trinajstić information content (AvgIpc) is 2.96. The molecule has 1 aliphatic heterocycles. The predicted molar refractivity (Wildman–Crippen MR) is 79.0 cm³/mol. The molecule has 1 heterocycles. The summed E-state index contributed by atoms with van der Waals surface area (Å²) in [5, 5.41) is 0. The molecule has 1 aromatic carbocycles. The number of amides is 1. The van der Waals surface area contributed by atoms with Crippen LogP contribution in [0.5, 0.6) is 0 Å². The van der Waals surface area contributed by atoms with Gasteiger partial charge < -0.3 is 9.64 Å². The molecule has 1 aliphatic rings. The van der Waals surface area contributed by atoms with Crippen LogP contribution in [0.2, 0.25) is 0 Å². The quantitative estimate of drug-likeness (QED) is 0.634. The third-order valence-corrected chi connectivity index (χ3v) is 4.41. The van der Waals surface area contributed by atoms with Gasteiger partial charge in [-0.05, 0) is 37.3 Å². The van der Waals surface area contributed by atoms with E-state index in [4.69, 9.17) is 4.74 Å². The zero-order valence-corrected chi connectivity index (χ0v) is 12.8. The zero-order chi connectivity index (χ0) is 14.7. The minimum absolute atomic E-state index is 0.00445. The molecular formula is C15H19NO3S. The van der Waals surface area contributed by atoms with E-state index in [0.717, 1.165) is 16.0 Å². The van der Waals surface area contributed by atoms with Crippen LogP contribution >= 0.6 is 11.8 Å². The minimum Gasteiger partial charge on any atom is -0.469 e. The summed E-state index contributed by atoms with van der Waals surface area (Å²) >= 11 is 1.62. The van der Waals surface area contributed by atoms with E-state index in [1.807, 2.05) is 31.4 Å². The lowest BCUT2D eigenvalue weighted by Crippen LogP contribution is -2.30. The highest BCUT2D eigenvalue weighted by Gasteiger charge is 2.32. The van der Waals surface area contributed by atoms with Crippen LogP contribution in [0.3, 0.4) is 0 Å². The number of nitrogens with zero attached hydrogens (tertiary/aromatic N) is 1. The van der Waals surface area contributed by atoms with Crippen molar-refractivity contribution in [2.75, 3.05) is 26.5 Å². The molecule has 20 heavy (non-hydrogen) atoms. The SMILES string of the molecule is COC(=O)C1CCN(C(=O)c2cc(SC)ccc2C)C1. The molecule has 1 aromatic rings. The van der Waals surface area contributed by atoms with E-state index >= 15 is 0 Å². The molecule has 1 saturated heterocycles. The van der Waals surface area contributed by atoms with Crippen LogP contribution in [0.15, 0.2) is 23.1 Å². The number of benzene rings is 1. The van der Waals surface area contributed by atoms with Gasteiger partial charge in [0, 0.05) is 23.5 Å². The molecule has 0 aliphatic carbocycles. The molecule has 0 N–H and O–H groups in total. The second kappa shape index (κ2) is 6.31. The first-order chi connectivity index (χ1) is 9.56. The zero-order valence-electron chi connectivity index (χ0n) is 12.0. The van der Waals surface area contributed by atoms with Gasteiger partial charge >= 0.3 is 5.97 Å². The Morgan fingerprint density at radius 2 is 2.15 bits per heavy atom. The van der Waals surface area contributed by atoms with Crippen LogP contribution < -0.4 is 0 Å². The Morgan fingerprint density at radius 3 is 2.80 bits per heavy atom. The number of carbonyl (C=O) groups excluding carboxylic acids is 2. The van der Waals surface area contributed by atoms with E-state index in [9.17, 15) is 9.59 Å². The summed E-state index contributed by atoms with van der Waals surface area (Å²) in [7, 11) is 1.39. The summed E-state index contributed by atoms with van der Waals surface area (Å²) in [6.45, 7) is 3.00. The molecule has 0 radical (unpaired) electrons. The van der Waals surface area contributed by atoms with Gasteiger partial charge in [-0.15, -0.1) is 11.8 Å². The monoisotopic (exact) mass is 293 g/mol. The molecule has 0 spiro atoms. The van der Waals surface area contributed by atoms with Crippen molar-refractivity contribution in [1.82, 2.24) is 4.90 Å². The maximum atomic E-state index is 12.6.